The summed E-state index contributed by atoms with van der Waals surface area (Å²) in [7, 11) is 0. The van der Waals surface area contributed by atoms with Crippen LogP contribution in [0.3, 0.4) is 0 Å². The van der Waals surface area contributed by atoms with Gasteiger partial charge in [-0.25, -0.2) is 0 Å². The molecule has 5 aliphatic carbocycles. The SMILES string of the molecule is OC(c1cccc(C2CC2)c1)C12CCC(OCc3c(-c4c(Cl)cccc4Cl)noc3C3CC3)(CC1)CC2. The topological polar surface area (TPSA) is 55.5 Å². The first-order valence-corrected chi connectivity index (χ1v) is 14.6. The number of hydrogen-bond donors (Lipinski definition) is 1. The lowest BCUT2D eigenvalue weighted by molar-refractivity contribution is -0.169. The molecule has 0 saturated heterocycles. The zero-order valence-corrected chi connectivity index (χ0v) is 22.5. The van der Waals surface area contributed by atoms with Gasteiger partial charge in [-0.15, -0.1) is 0 Å². The highest BCUT2D eigenvalue weighted by Gasteiger charge is 2.53. The van der Waals surface area contributed by atoms with E-state index in [0.29, 0.717) is 34.2 Å². The summed E-state index contributed by atoms with van der Waals surface area (Å²) < 4.78 is 12.6. The van der Waals surface area contributed by atoms with E-state index in [0.717, 1.165) is 73.8 Å². The summed E-state index contributed by atoms with van der Waals surface area (Å²) in [5.41, 5.74) is 4.72. The fraction of sp³-hybridized carbons (Fsp3) is 0.516. The van der Waals surface area contributed by atoms with Crippen molar-refractivity contribution in [3.63, 3.8) is 0 Å². The number of ether oxygens (including phenoxy) is 1. The minimum Gasteiger partial charge on any atom is -0.388 e. The Hall–Kier alpha value is -1.85. The second kappa shape index (κ2) is 9.12. The number of halogens is 2. The molecule has 2 bridgehead atoms. The predicted octanol–water partition coefficient (Wildman–Crippen LogP) is 8.75. The van der Waals surface area contributed by atoms with Crippen LogP contribution in [0.15, 0.2) is 47.0 Å². The Kier molecular flexibility index (Phi) is 5.97. The largest absolute Gasteiger partial charge is 0.388 e. The van der Waals surface area contributed by atoms with E-state index in [9.17, 15) is 5.11 Å². The van der Waals surface area contributed by atoms with Crippen LogP contribution >= 0.6 is 23.2 Å². The third kappa shape index (κ3) is 4.34. The van der Waals surface area contributed by atoms with E-state index in [2.05, 4.69) is 29.4 Å². The summed E-state index contributed by atoms with van der Waals surface area (Å²) >= 11 is 13.1. The minimum absolute atomic E-state index is 0.0418. The van der Waals surface area contributed by atoms with E-state index in [4.69, 9.17) is 32.5 Å². The molecule has 1 atom stereocenters. The fourth-order valence-electron chi connectivity index (χ4n) is 6.83. The fourth-order valence-corrected chi connectivity index (χ4v) is 7.41. The smallest absolute Gasteiger partial charge is 0.145 e. The molecule has 1 N–H and O–H groups in total. The normalized spacial score (nSPS) is 28.0. The molecule has 194 valence electrons. The standard InChI is InChI=1S/C31H33Cl2NO3/c32-24-5-2-6-25(33)26(24)27-23(28(37-34-27)20-9-10-20)18-36-31-14-11-30(12-15-31,13-16-31)29(35)22-4-1-3-21(17-22)19-7-8-19/h1-6,17,19-20,29,35H,7-16,18H2. The number of aliphatic hydroxyl groups excluding tert-OH is 1. The summed E-state index contributed by atoms with van der Waals surface area (Å²) in [4.78, 5) is 0. The highest BCUT2D eigenvalue weighted by molar-refractivity contribution is 6.39. The molecule has 37 heavy (non-hydrogen) atoms. The predicted molar refractivity (Wildman–Crippen MR) is 145 cm³/mol. The second-order valence-corrected chi connectivity index (χ2v) is 12.7. The Balaban J connectivity index is 1.09. The summed E-state index contributed by atoms with van der Waals surface area (Å²) in [5, 5.41) is 17.1. The first kappa shape index (κ1) is 24.2. The zero-order valence-electron chi connectivity index (χ0n) is 21.0. The van der Waals surface area contributed by atoms with Crippen molar-refractivity contribution in [2.45, 2.75) is 94.4 Å². The summed E-state index contributed by atoms with van der Waals surface area (Å²) in [6, 6.07) is 14.2. The molecule has 2 aromatic carbocycles. The van der Waals surface area contributed by atoms with Gasteiger partial charge < -0.3 is 14.4 Å². The number of benzene rings is 2. The van der Waals surface area contributed by atoms with Gasteiger partial charge in [0.25, 0.3) is 0 Å². The van der Waals surface area contributed by atoms with Crippen LogP contribution in [0.25, 0.3) is 11.3 Å². The van der Waals surface area contributed by atoms with Crippen LogP contribution in [-0.4, -0.2) is 15.9 Å². The van der Waals surface area contributed by atoms with Crippen LogP contribution in [0, 0.1) is 5.41 Å². The molecule has 1 unspecified atom stereocenters. The quantitative estimate of drug-likeness (QED) is 0.312. The van der Waals surface area contributed by atoms with Gasteiger partial charge in [-0.1, -0.05) is 58.7 Å². The lowest BCUT2D eigenvalue weighted by Crippen LogP contribution is -2.49. The number of nitrogens with zero attached hydrogens (tertiary/aromatic N) is 1. The molecule has 4 nitrogen and oxygen atoms in total. The van der Waals surface area contributed by atoms with Crippen LogP contribution in [0.4, 0.5) is 0 Å². The van der Waals surface area contributed by atoms with E-state index in [1.807, 2.05) is 18.2 Å². The van der Waals surface area contributed by atoms with E-state index in [1.54, 1.807) is 0 Å². The lowest BCUT2D eigenvalue weighted by Gasteiger charge is -2.55. The zero-order chi connectivity index (χ0) is 25.2. The van der Waals surface area contributed by atoms with Crippen molar-refractivity contribution >= 4 is 23.2 Å². The Morgan fingerprint density at radius 3 is 2.22 bits per heavy atom. The van der Waals surface area contributed by atoms with Crippen LogP contribution in [0.2, 0.25) is 10.0 Å². The third-order valence-electron chi connectivity index (χ3n) is 9.58. The Morgan fingerprint density at radius 1 is 0.919 bits per heavy atom. The van der Waals surface area contributed by atoms with Gasteiger partial charge in [0.1, 0.15) is 11.5 Å². The van der Waals surface area contributed by atoms with E-state index in [1.165, 1.54) is 18.4 Å². The van der Waals surface area contributed by atoms with Gasteiger partial charge in [-0.3, -0.25) is 0 Å². The monoisotopic (exact) mass is 537 g/mol. The van der Waals surface area contributed by atoms with Crippen molar-refractivity contribution in [3.05, 3.63) is 75.0 Å². The van der Waals surface area contributed by atoms with Gasteiger partial charge in [-0.05, 0) is 93.4 Å². The Labute approximate surface area is 228 Å². The minimum atomic E-state index is -0.405. The summed E-state index contributed by atoms with van der Waals surface area (Å²) in [6.07, 6.45) is 10.3. The lowest BCUT2D eigenvalue weighted by atomic mass is 9.55. The Morgan fingerprint density at radius 2 is 1.57 bits per heavy atom. The van der Waals surface area contributed by atoms with Gasteiger partial charge in [0.15, 0.2) is 0 Å². The molecule has 0 aliphatic heterocycles. The maximum atomic E-state index is 11.5. The van der Waals surface area contributed by atoms with Crippen molar-refractivity contribution in [1.82, 2.24) is 5.16 Å². The first-order valence-electron chi connectivity index (χ1n) is 13.8. The van der Waals surface area contributed by atoms with Crippen LogP contribution in [-0.2, 0) is 11.3 Å². The van der Waals surface area contributed by atoms with Crippen molar-refractivity contribution in [3.8, 4) is 11.3 Å². The van der Waals surface area contributed by atoms with Crippen molar-refractivity contribution < 1.29 is 14.4 Å². The van der Waals surface area contributed by atoms with Crippen LogP contribution < -0.4 is 0 Å². The van der Waals surface area contributed by atoms with Crippen LogP contribution in [0.5, 0.6) is 0 Å². The van der Waals surface area contributed by atoms with E-state index < -0.39 is 6.10 Å². The van der Waals surface area contributed by atoms with Crippen molar-refractivity contribution in [1.29, 1.82) is 0 Å². The molecule has 0 spiro atoms. The highest BCUT2D eigenvalue weighted by atomic mass is 35.5. The molecular formula is C31H33Cl2NO3. The molecule has 5 fully saturated rings. The maximum absolute atomic E-state index is 11.5. The molecule has 0 radical (unpaired) electrons. The average Bonchev–Trinajstić information content (AvgIpc) is 3.86. The molecule has 6 heteroatoms. The second-order valence-electron chi connectivity index (χ2n) is 11.9. The molecule has 5 aliphatic rings. The molecular weight excluding hydrogens is 505 g/mol. The number of aromatic nitrogens is 1. The molecule has 1 aromatic heterocycles. The number of aliphatic hydroxyl groups is 1. The summed E-state index contributed by atoms with van der Waals surface area (Å²) in [6.45, 7) is 0.450. The molecule has 1 heterocycles. The Bertz CT molecular complexity index is 1280. The summed E-state index contributed by atoms with van der Waals surface area (Å²) in [5.74, 6) is 2.03. The van der Waals surface area contributed by atoms with Gasteiger partial charge in [0.05, 0.1) is 28.4 Å². The number of hydrogen-bond acceptors (Lipinski definition) is 4. The third-order valence-corrected chi connectivity index (χ3v) is 10.2. The number of fused-ring (bicyclic) bond motifs is 3. The molecule has 0 amide bonds. The van der Waals surface area contributed by atoms with Gasteiger partial charge in [0, 0.05) is 22.5 Å². The van der Waals surface area contributed by atoms with E-state index >= 15 is 0 Å². The number of rotatable bonds is 8. The first-order chi connectivity index (χ1) is 18.0. The van der Waals surface area contributed by atoms with E-state index in [-0.39, 0.29) is 11.0 Å². The van der Waals surface area contributed by atoms with Gasteiger partial charge >= 0.3 is 0 Å². The van der Waals surface area contributed by atoms with Gasteiger partial charge in [0.2, 0.25) is 0 Å². The highest BCUT2D eigenvalue weighted by Crippen LogP contribution is 2.59. The maximum Gasteiger partial charge on any atom is 0.145 e. The van der Waals surface area contributed by atoms with Crippen LogP contribution in [0.1, 0.15) is 105 Å². The van der Waals surface area contributed by atoms with Crippen molar-refractivity contribution in [2.24, 2.45) is 5.41 Å². The van der Waals surface area contributed by atoms with Gasteiger partial charge in [-0.2, -0.15) is 0 Å². The molecule has 3 aromatic rings. The van der Waals surface area contributed by atoms with Crippen molar-refractivity contribution in [2.75, 3.05) is 0 Å². The average molecular weight is 539 g/mol. The molecule has 8 rings (SSSR count). The molecule has 5 saturated carbocycles.